The highest BCUT2D eigenvalue weighted by molar-refractivity contribution is 7.17. The van der Waals surface area contributed by atoms with Gasteiger partial charge in [-0.25, -0.2) is 0 Å². The third-order valence-corrected chi connectivity index (χ3v) is 18.4. The predicted octanol–water partition coefficient (Wildman–Crippen LogP) is 22.3. The molecule has 104 heavy (non-hydrogen) atoms. The largest absolute Gasteiger partial charge is 0.494 e. The standard InChI is InChI=1S/C91H112N2O10S/c1-7-13-17-23-31-64-100-84-70-80(56-44-74-46-58-82(59-47-74)98-62-30-27-21-22-28-36-88(94)96-11-5)86(102-66-33-25-19-15-9-3)68-78(84)54-42-72-38-50-76(51-39-72)90-92-93-91(104-90)77-52-40-73(41-53-77)43-55-79-69-87(103-67-34-26-20-16-10-4)81(71-85(79)101-65-32-24-18-14-8-2)57-45-75-48-60-83(61-49-75)99-63-35-29-37-89(95)97-12-6/h38-41,46-53,58-61,68-71H,7-37,62-67H2,1-6H3. The number of nitrogens with zero attached hydrogens (tertiary/aromatic N) is 2. The van der Waals surface area contributed by atoms with Gasteiger partial charge in [0, 0.05) is 70.5 Å². The van der Waals surface area contributed by atoms with Crippen molar-refractivity contribution in [3.05, 3.63) is 166 Å². The SMILES string of the molecule is CCCCCCCOc1cc(C#Cc2ccc(-c3nnc(-c4ccc(C#Cc5cc(OCCCCCCC)c(C#Cc6ccc(OCCCCC(=O)OCC)cc6)cc5OCCCCCCC)cc4)s3)cc2)c(OCCCCCCC)cc1C#Cc1ccc(OCCCCCCCC(=O)OCC)cc1. The van der Waals surface area contributed by atoms with Crippen LogP contribution in [0.25, 0.3) is 21.1 Å². The van der Waals surface area contributed by atoms with Crippen molar-refractivity contribution in [3.8, 4) is 103 Å². The van der Waals surface area contributed by atoms with Crippen molar-refractivity contribution in [1.82, 2.24) is 10.2 Å². The fourth-order valence-electron chi connectivity index (χ4n) is 11.3. The fourth-order valence-corrected chi connectivity index (χ4v) is 12.2. The molecule has 0 unspecified atom stereocenters. The first-order chi connectivity index (χ1) is 51.2. The van der Waals surface area contributed by atoms with Crippen molar-refractivity contribution < 1.29 is 47.5 Å². The topological polar surface area (TPSA) is 134 Å². The molecular formula is C91H112N2O10S. The van der Waals surface area contributed by atoms with E-state index in [0.717, 1.165) is 167 Å². The van der Waals surface area contributed by atoms with Crippen LogP contribution in [0.2, 0.25) is 0 Å². The maximum Gasteiger partial charge on any atom is 0.305 e. The van der Waals surface area contributed by atoms with Gasteiger partial charge in [-0.1, -0.05) is 233 Å². The first-order valence-electron chi connectivity index (χ1n) is 39.0. The molecule has 0 aliphatic heterocycles. The van der Waals surface area contributed by atoms with E-state index in [0.29, 0.717) is 95.1 Å². The Morgan fingerprint density at radius 2 is 0.548 bits per heavy atom. The molecule has 1 heterocycles. The molecule has 0 atom stereocenters. The number of unbranched alkanes of at least 4 members (excludes halogenated alkanes) is 21. The van der Waals surface area contributed by atoms with Crippen LogP contribution in [0.3, 0.4) is 0 Å². The van der Waals surface area contributed by atoms with Crippen LogP contribution in [0.4, 0.5) is 0 Å². The lowest BCUT2D eigenvalue weighted by Crippen LogP contribution is -2.05. The van der Waals surface area contributed by atoms with Gasteiger partial charge in [-0.05, 0) is 138 Å². The normalized spacial score (nSPS) is 10.6. The molecule has 1 aromatic heterocycles. The van der Waals surface area contributed by atoms with Crippen molar-refractivity contribution in [2.75, 3.05) is 52.9 Å². The summed E-state index contributed by atoms with van der Waals surface area (Å²) >= 11 is 1.54. The Morgan fingerprint density at radius 3 is 0.846 bits per heavy atom. The van der Waals surface area contributed by atoms with E-state index in [9.17, 15) is 9.59 Å². The average Bonchev–Trinajstić information content (AvgIpc) is 1.80. The molecule has 0 radical (unpaired) electrons. The van der Waals surface area contributed by atoms with Crippen molar-refractivity contribution in [2.24, 2.45) is 0 Å². The summed E-state index contributed by atoms with van der Waals surface area (Å²) in [5.41, 5.74) is 8.33. The van der Waals surface area contributed by atoms with E-state index in [2.05, 4.69) is 97.4 Å². The molecule has 0 N–H and O–H groups in total. The highest BCUT2D eigenvalue weighted by atomic mass is 32.1. The molecule has 0 saturated heterocycles. The van der Waals surface area contributed by atoms with Gasteiger partial charge in [0.2, 0.25) is 0 Å². The molecule has 7 aromatic rings. The van der Waals surface area contributed by atoms with Gasteiger partial charge in [-0.15, -0.1) is 10.2 Å². The molecule has 0 aliphatic carbocycles. The van der Waals surface area contributed by atoms with Crippen LogP contribution in [0, 0.1) is 47.4 Å². The minimum Gasteiger partial charge on any atom is -0.494 e. The molecule has 0 bridgehead atoms. The molecule has 7 rings (SSSR count). The Hall–Kier alpha value is -9.14. The summed E-state index contributed by atoms with van der Waals surface area (Å²) in [4.78, 5) is 23.4. The Morgan fingerprint density at radius 1 is 0.298 bits per heavy atom. The number of esters is 2. The lowest BCUT2D eigenvalue weighted by molar-refractivity contribution is -0.144. The van der Waals surface area contributed by atoms with Crippen molar-refractivity contribution in [2.45, 2.75) is 228 Å². The summed E-state index contributed by atoms with van der Waals surface area (Å²) in [5.74, 6) is 31.4. The van der Waals surface area contributed by atoms with Crippen molar-refractivity contribution >= 4 is 23.3 Å². The van der Waals surface area contributed by atoms with E-state index in [-0.39, 0.29) is 11.9 Å². The minimum absolute atomic E-state index is 0.110. The van der Waals surface area contributed by atoms with E-state index < -0.39 is 0 Å². The summed E-state index contributed by atoms with van der Waals surface area (Å²) in [5, 5.41) is 10.9. The maximum atomic E-state index is 11.7. The summed E-state index contributed by atoms with van der Waals surface area (Å²) in [6.07, 6.45) is 29.8. The van der Waals surface area contributed by atoms with Crippen LogP contribution in [0.5, 0.6) is 34.5 Å². The zero-order chi connectivity index (χ0) is 73.3. The number of carbonyl (C=O) groups excluding carboxylic acids is 2. The fraction of sp³-hybridized carbons (Fsp3) is 0.473. The number of ether oxygens (including phenoxy) is 8. The molecule has 0 aliphatic rings. The molecule has 0 saturated carbocycles. The van der Waals surface area contributed by atoms with Crippen LogP contribution in [-0.2, 0) is 19.1 Å². The number of benzene rings is 6. The quantitative estimate of drug-likeness (QED) is 0.0204. The second-order valence-corrected chi connectivity index (χ2v) is 27.1. The Labute approximate surface area is 626 Å². The van der Waals surface area contributed by atoms with Crippen molar-refractivity contribution in [3.63, 3.8) is 0 Å². The first-order valence-corrected chi connectivity index (χ1v) is 39.8. The summed E-state index contributed by atoms with van der Waals surface area (Å²) in [7, 11) is 0. The lowest BCUT2D eigenvalue weighted by atomic mass is 10.1. The van der Waals surface area contributed by atoms with Gasteiger partial charge in [-0.2, -0.15) is 0 Å². The van der Waals surface area contributed by atoms with Crippen LogP contribution in [0.1, 0.15) is 272 Å². The van der Waals surface area contributed by atoms with Gasteiger partial charge in [0.25, 0.3) is 0 Å². The van der Waals surface area contributed by atoms with Gasteiger partial charge in [0.1, 0.15) is 44.5 Å². The second-order valence-electron chi connectivity index (χ2n) is 26.1. The molecule has 552 valence electrons. The smallest absolute Gasteiger partial charge is 0.305 e. The number of aromatic nitrogens is 2. The number of hydrogen-bond donors (Lipinski definition) is 0. The highest BCUT2D eigenvalue weighted by Crippen LogP contribution is 2.34. The maximum absolute atomic E-state index is 11.7. The lowest BCUT2D eigenvalue weighted by Gasteiger charge is -2.14. The number of hydrogen-bond acceptors (Lipinski definition) is 13. The highest BCUT2D eigenvalue weighted by Gasteiger charge is 2.16. The Bertz CT molecular complexity index is 3890. The Kier molecular flexibility index (Phi) is 39.7. The molecule has 0 fully saturated rings. The van der Waals surface area contributed by atoms with Crippen LogP contribution in [-0.4, -0.2) is 75.0 Å². The zero-order valence-electron chi connectivity index (χ0n) is 63.1. The monoisotopic (exact) mass is 1420 g/mol. The van der Waals surface area contributed by atoms with E-state index in [1.165, 1.54) is 77.0 Å². The number of rotatable bonds is 47. The summed E-state index contributed by atoms with van der Waals surface area (Å²) in [6.45, 7) is 16.9. The molecule has 6 aromatic carbocycles. The van der Waals surface area contributed by atoms with E-state index in [1.807, 2.05) is 123 Å². The molecule has 0 amide bonds. The number of carbonyl (C=O) groups is 2. The van der Waals surface area contributed by atoms with E-state index >= 15 is 0 Å². The summed E-state index contributed by atoms with van der Waals surface area (Å²) in [6, 6.07) is 40.0. The third kappa shape index (κ3) is 31.8. The van der Waals surface area contributed by atoms with Crippen LogP contribution >= 0.6 is 11.3 Å². The zero-order valence-corrected chi connectivity index (χ0v) is 63.9. The van der Waals surface area contributed by atoms with Gasteiger partial charge in [0.15, 0.2) is 0 Å². The summed E-state index contributed by atoms with van der Waals surface area (Å²) < 4.78 is 48.4. The minimum atomic E-state index is -0.171. The third-order valence-electron chi connectivity index (χ3n) is 17.4. The van der Waals surface area contributed by atoms with Gasteiger partial charge in [0.05, 0.1) is 75.1 Å². The van der Waals surface area contributed by atoms with Gasteiger partial charge in [-0.3, -0.25) is 9.59 Å². The first kappa shape index (κ1) is 82.1. The average molecular weight is 1430 g/mol. The molecule has 0 spiro atoms. The predicted molar refractivity (Wildman–Crippen MR) is 423 cm³/mol. The van der Waals surface area contributed by atoms with Crippen LogP contribution < -0.4 is 28.4 Å². The van der Waals surface area contributed by atoms with E-state index in [1.54, 1.807) is 11.3 Å². The Balaban J connectivity index is 1.05. The van der Waals surface area contributed by atoms with Crippen LogP contribution in [0.15, 0.2) is 121 Å². The van der Waals surface area contributed by atoms with Gasteiger partial charge >= 0.3 is 11.9 Å². The molecule has 12 nitrogen and oxygen atoms in total. The molecule has 13 heteroatoms. The second kappa shape index (κ2) is 50.3. The van der Waals surface area contributed by atoms with Crippen molar-refractivity contribution in [1.29, 1.82) is 0 Å². The molecular weight excluding hydrogens is 1310 g/mol. The van der Waals surface area contributed by atoms with E-state index in [4.69, 9.17) is 37.9 Å². The van der Waals surface area contributed by atoms with Gasteiger partial charge < -0.3 is 37.9 Å².